The quantitative estimate of drug-likeness (QED) is 0.245. The van der Waals surface area contributed by atoms with Crippen LogP contribution in [0.3, 0.4) is 0 Å². The Morgan fingerprint density at radius 3 is 2.56 bits per heavy atom. The maximum atomic E-state index is 13.2. The molecule has 5 aromatic rings. The molecular weight excluding hydrogens is 608 g/mol. The van der Waals surface area contributed by atoms with Crippen LogP contribution in [0.4, 0.5) is 5.82 Å². The van der Waals surface area contributed by atoms with Crippen LogP contribution in [0.25, 0.3) is 22.3 Å². The first kappa shape index (κ1) is 29.8. The maximum absolute atomic E-state index is 13.2. The molecule has 3 aliphatic rings. The summed E-state index contributed by atoms with van der Waals surface area (Å²) in [5, 5.41) is 8.19. The van der Waals surface area contributed by atoms with E-state index in [9.17, 15) is 14.4 Å². The number of piperidine rings is 2. The Kier molecular flexibility index (Phi) is 7.56. The molecule has 3 aromatic carbocycles. The van der Waals surface area contributed by atoms with Gasteiger partial charge in [-0.15, -0.1) is 0 Å². The van der Waals surface area contributed by atoms with Crippen molar-refractivity contribution in [2.24, 2.45) is 0 Å². The number of para-hydroxylation sites is 1. The summed E-state index contributed by atoms with van der Waals surface area (Å²) in [5.41, 5.74) is 11.4. The molecule has 1 unspecified atom stereocenters. The van der Waals surface area contributed by atoms with E-state index in [1.54, 1.807) is 4.90 Å². The lowest BCUT2D eigenvalue weighted by Crippen LogP contribution is -2.52. The Morgan fingerprint density at radius 1 is 0.938 bits per heavy atom. The third-order valence-corrected chi connectivity index (χ3v) is 9.45. The standard InChI is InChI=1S/C36H34N8O4/c37-33-31-32(23-9-11-27(12-10-23)48-26-6-2-1-3-7-26)41-44(34(31)39-21-38-33)25-5-4-16-42(20-25)18-22-8-13-28-24(17-22)19-43(36(28)47)29-14-15-30(45)40-35(29)46/h1-3,6-13,17,21,25,29H,4-5,14-16,18-20H2,(H2,37,38,39)(H,40,45,46)/t25-,29?/m1/s1. The van der Waals surface area contributed by atoms with E-state index in [1.807, 2.05) is 71.4 Å². The molecule has 0 aliphatic carbocycles. The zero-order chi connectivity index (χ0) is 32.8. The Morgan fingerprint density at radius 2 is 1.75 bits per heavy atom. The lowest BCUT2D eigenvalue weighted by molar-refractivity contribution is -0.136. The fourth-order valence-corrected chi connectivity index (χ4v) is 7.12. The minimum absolute atomic E-state index is 0.0732. The first-order chi connectivity index (χ1) is 23.4. The first-order valence-corrected chi connectivity index (χ1v) is 16.2. The van der Waals surface area contributed by atoms with E-state index in [1.165, 1.54) is 6.33 Å². The van der Waals surface area contributed by atoms with Gasteiger partial charge in [-0.3, -0.25) is 24.6 Å². The van der Waals surface area contributed by atoms with Crippen LogP contribution < -0.4 is 15.8 Å². The summed E-state index contributed by atoms with van der Waals surface area (Å²) in [7, 11) is 0. The number of aromatic nitrogens is 4. The predicted octanol–water partition coefficient (Wildman–Crippen LogP) is 4.47. The second-order valence-corrected chi connectivity index (χ2v) is 12.6. The molecule has 2 saturated heterocycles. The molecule has 5 heterocycles. The molecule has 2 aromatic heterocycles. The zero-order valence-electron chi connectivity index (χ0n) is 26.2. The van der Waals surface area contributed by atoms with Crippen molar-refractivity contribution >= 4 is 34.6 Å². The second kappa shape index (κ2) is 12.2. The number of carbonyl (C=O) groups excluding carboxylic acids is 3. The molecule has 12 heteroatoms. The summed E-state index contributed by atoms with van der Waals surface area (Å²) in [4.78, 5) is 50.2. The van der Waals surface area contributed by atoms with Crippen molar-refractivity contribution < 1.29 is 19.1 Å². The normalized spacial score (nSPS) is 19.8. The van der Waals surface area contributed by atoms with E-state index in [0.717, 1.165) is 65.2 Å². The monoisotopic (exact) mass is 642 g/mol. The van der Waals surface area contributed by atoms with Crippen molar-refractivity contribution in [3.05, 3.63) is 95.8 Å². The minimum atomic E-state index is -0.624. The van der Waals surface area contributed by atoms with Gasteiger partial charge in [0.25, 0.3) is 5.91 Å². The number of nitrogens with zero attached hydrogens (tertiary/aromatic N) is 6. The number of rotatable bonds is 7. The van der Waals surface area contributed by atoms with E-state index in [-0.39, 0.29) is 24.3 Å². The van der Waals surface area contributed by atoms with Gasteiger partial charge in [0.2, 0.25) is 11.8 Å². The lowest BCUT2D eigenvalue weighted by atomic mass is 10.0. The molecule has 48 heavy (non-hydrogen) atoms. The average Bonchev–Trinajstić information content (AvgIpc) is 3.64. The van der Waals surface area contributed by atoms with E-state index in [0.29, 0.717) is 36.5 Å². The van der Waals surface area contributed by atoms with Crippen LogP contribution in [-0.2, 0) is 22.7 Å². The molecule has 2 atom stereocenters. The van der Waals surface area contributed by atoms with Gasteiger partial charge in [-0.2, -0.15) is 5.10 Å². The second-order valence-electron chi connectivity index (χ2n) is 12.6. The third-order valence-electron chi connectivity index (χ3n) is 9.45. The molecule has 242 valence electrons. The summed E-state index contributed by atoms with van der Waals surface area (Å²) in [6.07, 6.45) is 4.00. The zero-order valence-corrected chi connectivity index (χ0v) is 26.2. The molecule has 8 rings (SSSR count). The van der Waals surface area contributed by atoms with Gasteiger partial charge in [-0.1, -0.05) is 30.3 Å². The van der Waals surface area contributed by atoms with Crippen LogP contribution in [0.2, 0.25) is 0 Å². The number of hydrogen-bond donors (Lipinski definition) is 2. The number of anilines is 1. The van der Waals surface area contributed by atoms with Crippen LogP contribution >= 0.6 is 0 Å². The van der Waals surface area contributed by atoms with E-state index < -0.39 is 11.9 Å². The molecule has 12 nitrogen and oxygen atoms in total. The van der Waals surface area contributed by atoms with Crippen molar-refractivity contribution in [1.82, 2.24) is 34.9 Å². The summed E-state index contributed by atoms with van der Waals surface area (Å²) in [5.74, 6) is 1.02. The van der Waals surface area contributed by atoms with Gasteiger partial charge >= 0.3 is 0 Å². The van der Waals surface area contributed by atoms with E-state index in [2.05, 4.69) is 26.3 Å². The molecule has 0 radical (unpaired) electrons. The number of nitrogens with two attached hydrogens (primary N) is 1. The number of amides is 3. The van der Waals surface area contributed by atoms with Crippen LogP contribution in [-0.4, -0.2) is 66.4 Å². The maximum Gasteiger partial charge on any atom is 0.255 e. The minimum Gasteiger partial charge on any atom is -0.457 e. The van der Waals surface area contributed by atoms with Gasteiger partial charge in [0.1, 0.15) is 35.4 Å². The van der Waals surface area contributed by atoms with Crippen molar-refractivity contribution in [3.8, 4) is 22.8 Å². The third kappa shape index (κ3) is 5.53. The number of imide groups is 1. The lowest BCUT2D eigenvalue weighted by Gasteiger charge is -2.33. The van der Waals surface area contributed by atoms with E-state index >= 15 is 0 Å². The van der Waals surface area contributed by atoms with Crippen molar-refractivity contribution in [2.45, 2.75) is 50.9 Å². The first-order valence-electron chi connectivity index (χ1n) is 16.2. The SMILES string of the molecule is Nc1ncnc2c1c(-c1ccc(Oc3ccccc3)cc1)nn2[C@@H]1CCCN(Cc2ccc3c(c2)CN(C2CCC(=O)NC2=O)C3=O)C1. The summed E-state index contributed by atoms with van der Waals surface area (Å²) >= 11 is 0. The van der Waals surface area contributed by atoms with Gasteiger partial charge in [0.15, 0.2) is 5.65 Å². The van der Waals surface area contributed by atoms with Crippen LogP contribution in [0.15, 0.2) is 79.1 Å². The fraction of sp³-hybridized carbons (Fsp3) is 0.278. The van der Waals surface area contributed by atoms with Gasteiger partial charge in [0, 0.05) is 37.2 Å². The number of hydrogen-bond acceptors (Lipinski definition) is 9. The average molecular weight is 643 g/mol. The van der Waals surface area contributed by atoms with Crippen LogP contribution in [0.1, 0.15) is 53.2 Å². The topological polar surface area (TPSA) is 149 Å². The van der Waals surface area contributed by atoms with Crippen LogP contribution in [0, 0.1) is 0 Å². The number of nitrogens with one attached hydrogen (secondary N) is 1. The van der Waals surface area contributed by atoms with Crippen molar-refractivity contribution in [3.63, 3.8) is 0 Å². The largest absolute Gasteiger partial charge is 0.457 e. The number of likely N-dealkylation sites (tertiary alicyclic amines) is 1. The van der Waals surface area contributed by atoms with Crippen LogP contribution in [0.5, 0.6) is 11.5 Å². The van der Waals surface area contributed by atoms with Crippen molar-refractivity contribution in [1.29, 1.82) is 0 Å². The highest BCUT2D eigenvalue weighted by atomic mass is 16.5. The Hall–Kier alpha value is -5.62. The molecule has 2 fully saturated rings. The number of nitrogen functional groups attached to an aromatic ring is 1. The van der Waals surface area contributed by atoms with Gasteiger partial charge < -0.3 is 15.4 Å². The summed E-state index contributed by atoms with van der Waals surface area (Å²) < 4.78 is 7.99. The van der Waals surface area contributed by atoms with E-state index in [4.69, 9.17) is 15.6 Å². The molecule has 3 aliphatic heterocycles. The number of fused-ring (bicyclic) bond motifs is 2. The van der Waals surface area contributed by atoms with Crippen molar-refractivity contribution in [2.75, 3.05) is 18.8 Å². The summed E-state index contributed by atoms with van der Waals surface area (Å²) in [6, 6.07) is 22.8. The molecule has 0 saturated carbocycles. The predicted molar refractivity (Wildman–Crippen MR) is 178 cm³/mol. The Labute approximate surface area is 276 Å². The summed E-state index contributed by atoms with van der Waals surface area (Å²) in [6.45, 7) is 2.77. The van der Waals surface area contributed by atoms with Gasteiger partial charge in [-0.25, -0.2) is 14.6 Å². The molecule has 0 spiro atoms. The van der Waals surface area contributed by atoms with Gasteiger partial charge in [-0.05, 0) is 79.4 Å². The number of benzene rings is 3. The molecular formula is C36H34N8O4. The number of ether oxygens (including phenoxy) is 1. The number of carbonyl (C=O) groups is 3. The Balaban J connectivity index is 1.00. The highest BCUT2D eigenvalue weighted by Gasteiger charge is 2.39. The highest BCUT2D eigenvalue weighted by molar-refractivity contribution is 6.05. The molecule has 3 N–H and O–H groups in total. The molecule has 3 amide bonds. The Bertz CT molecular complexity index is 2040. The van der Waals surface area contributed by atoms with Gasteiger partial charge in [0.05, 0.1) is 11.4 Å². The fourth-order valence-electron chi connectivity index (χ4n) is 7.12. The highest BCUT2D eigenvalue weighted by Crippen LogP contribution is 2.35. The smallest absolute Gasteiger partial charge is 0.255 e. The molecule has 0 bridgehead atoms.